The standard InChI is InChI=1S/C42H49N3O6S/c1-41(2,3)36-18-14-31(15-19-36)30-10-12-34(13-11-30)38(28-29-6-8-35(9-7-29)39(46)43-26-27-52(49,50)45-51-48)40(47)44-37-20-16-32(17-21-37)33-22-24-42(4,5)25-23-33/h6-22,38,45,48H,23-28H2,1-5H3,(H,43,46)(H,44,47)/p+1/t38-/m1/s1. The summed E-state index contributed by atoms with van der Waals surface area (Å²) in [6.45, 7) is 11.0. The quantitative estimate of drug-likeness (QED) is 0.0848. The predicted octanol–water partition coefficient (Wildman–Crippen LogP) is 7.24. The minimum atomic E-state index is -3.78. The molecular formula is C42H50N3O6S+. The van der Waals surface area contributed by atoms with Gasteiger partial charge in [0.1, 0.15) is 5.75 Å². The molecule has 5 rings (SSSR count). The molecule has 0 saturated heterocycles. The van der Waals surface area contributed by atoms with Gasteiger partial charge in [0.05, 0.1) is 5.92 Å². The van der Waals surface area contributed by atoms with Gasteiger partial charge >= 0.3 is 10.0 Å². The lowest BCUT2D eigenvalue weighted by atomic mass is 9.77. The normalized spacial score (nSPS) is 15.0. The van der Waals surface area contributed by atoms with E-state index in [2.05, 4.69) is 92.7 Å². The lowest BCUT2D eigenvalue weighted by molar-refractivity contribution is -0.869. The molecule has 0 spiro atoms. The van der Waals surface area contributed by atoms with Crippen molar-refractivity contribution in [1.29, 1.82) is 0 Å². The van der Waals surface area contributed by atoms with E-state index >= 15 is 0 Å². The van der Waals surface area contributed by atoms with Crippen molar-refractivity contribution in [3.8, 4) is 11.1 Å². The van der Waals surface area contributed by atoms with Crippen LogP contribution in [0.3, 0.4) is 0 Å². The first-order chi connectivity index (χ1) is 24.6. The number of nitrogens with one attached hydrogen (secondary N) is 2. The smallest absolute Gasteiger partial charge is 0.328 e. The molecular weight excluding hydrogens is 675 g/mol. The number of quaternary nitrogens is 1. The van der Waals surface area contributed by atoms with Gasteiger partial charge in [0.25, 0.3) is 5.91 Å². The molecule has 0 bridgehead atoms. The summed E-state index contributed by atoms with van der Waals surface area (Å²) in [5, 5.41) is 14.1. The Morgan fingerprint density at radius 2 is 1.46 bits per heavy atom. The van der Waals surface area contributed by atoms with Crippen molar-refractivity contribution in [2.24, 2.45) is 5.41 Å². The van der Waals surface area contributed by atoms with E-state index in [4.69, 9.17) is 5.26 Å². The van der Waals surface area contributed by atoms with Crippen molar-refractivity contribution in [2.75, 3.05) is 17.6 Å². The number of nitrogens with two attached hydrogens (primary N) is 1. The molecule has 274 valence electrons. The molecule has 52 heavy (non-hydrogen) atoms. The van der Waals surface area contributed by atoms with E-state index in [1.54, 1.807) is 24.3 Å². The number of amides is 2. The molecule has 0 aliphatic heterocycles. The van der Waals surface area contributed by atoms with Crippen LogP contribution in [0.15, 0.2) is 103 Å². The Hall–Kier alpha value is -4.61. The van der Waals surface area contributed by atoms with Gasteiger partial charge in [-0.25, -0.2) is 0 Å². The number of benzene rings is 4. The van der Waals surface area contributed by atoms with Gasteiger partial charge in [-0.3, -0.25) is 9.59 Å². The lowest BCUT2D eigenvalue weighted by Gasteiger charge is -2.28. The zero-order valence-corrected chi connectivity index (χ0v) is 31.4. The Kier molecular flexibility index (Phi) is 12.2. The fraction of sp³-hybridized carbons (Fsp3) is 0.333. The van der Waals surface area contributed by atoms with Crippen LogP contribution in [-0.2, 0) is 31.6 Å². The summed E-state index contributed by atoms with van der Waals surface area (Å²) in [7, 11) is -3.78. The van der Waals surface area contributed by atoms with Crippen LogP contribution in [0.5, 0.6) is 0 Å². The van der Waals surface area contributed by atoms with Gasteiger partial charge in [0, 0.05) is 17.8 Å². The topological polar surface area (TPSA) is 138 Å². The molecule has 0 unspecified atom stereocenters. The number of hydrogen-bond donors (Lipinski definition) is 4. The van der Waals surface area contributed by atoms with Crippen LogP contribution in [0.25, 0.3) is 16.7 Å². The third-order valence-electron chi connectivity index (χ3n) is 9.73. The summed E-state index contributed by atoms with van der Waals surface area (Å²) in [6, 6.07) is 31.7. The summed E-state index contributed by atoms with van der Waals surface area (Å²) in [4.78, 5) is 30.6. The number of carbonyl (C=O) groups is 2. The second kappa shape index (κ2) is 16.4. The molecule has 1 atom stereocenters. The highest BCUT2D eigenvalue weighted by molar-refractivity contribution is 7.84. The fourth-order valence-electron chi connectivity index (χ4n) is 6.32. The van der Waals surface area contributed by atoms with E-state index in [-0.39, 0.29) is 17.9 Å². The summed E-state index contributed by atoms with van der Waals surface area (Å²) >= 11 is 0. The average molecular weight is 725 g/mol. The average Bonchev–Trinajstić information content (AvgIpc) is 3.11. The predicted molar refractivity (Wildman–Crippen MR) is 206 cm³/mol. The SMILES string of the molecule is CC1(C)CC=C(c2ccc(NC(=O)[C@H](Cc3ccc(C(=O)NCCS(=O)(=O)[NH2+]OO)cc3)c3ccc(-c4ccc(C(C)(C)C)cc4)cc3)cc2)CC1. The molecule has 10 heteroatoms. The number of primary sulfonamides is 1. The Labute approximate surface area is 307 Å². The zero-order valence-electron chi connectivity index (χ0n) is 30.6. The van der Waals surface area contributed by atoms with Gasteiger partial charge in [-0.2, -0.15) is 13.7 Å². The molecule has 1 aliphatic rings. The van der Waals surface area contributed by atoms with E-state index in [9.17, 15) is 18.0 Å². The second-order valence-corrected chi connectivity index (χ2v) is 17.3. The van der Waals surface area contributed by atoms with Crippen molar-refractivity contribution >= 4 is 33.1 Å². The number of rotatable bonds is 13. The lowest BCUT2D eigenvalue weighted by Crippen LogP contribution is -2.86. The highest BCUT2D eigenvalue weighted by atomic mass is 32.2. The monoisotopic (exact) mass is 724 g/mol. The fourth-order valence-corrected chi connectivity index (χ4v) is 6.93. The summed E-state index contributed by atoms with van der Waals surface area (Å²) < 4.78 is 23.4. The van der Waals surface area contributed by atoms with Gasteiger partial charge < -0.3 is 10.6 Å². The highest BCUT2D eigenvalue weighted by Crippen LogP contribution is 2.38. The van der Waals surface area contributed by atoms with Crippen LogP contribution in [0.1, 0.15) is 92.4 Å². The number of hydrogen-bond acceptors (Lipinski definition) is 6. The third kappa shape index (κ3) is 10.5. The maximum absolute atomic E-state index is 14.0. The van der Waals surface area contributed by atoms with Crippen molar-refractivity contribution in [3.63, 3.8) is 0 Å². The molecule has 0 fully saturated rings. The first kappa shape index (κ1) is 38.6. The van der Waals surface area contributed by atoms with Crippen molar-refractivity contribution in [3.05, 3.63) is 131 Å². The molecule has 4 aromatic carbocycles. The van der Waals surface area contributed by atoms with E-state index in [1.165, 1.54) is 16.7 Å². The molecule has 0 radical (unpaired) electrons. The Morgan fingerprint density at radius 1 is 0.865 bits per heavy atom. The van der Waals surface area contributed by atoms with Crippen LogP contribution in [0, 0.1) is 5.41 Å². The molecule has 0 aromatic heterocycles. The molecule has 1 aliphatic carbocycles. The second-order valence-electron chi connectivity index (χ2n) is 15.4. The van der Waals surface area contributed by atoms with Gasteiger partial charge in [-0.1, -0.05) is 118 Å². The number of sulfonamides is 1. The van der Waals surface area contributed by atoms with Gasteiger partial charge in [-0.15, -0.1) is 0 Å². The molecule has 5 N–H and O–H groups in total. The van der Waals surface area contributed by atoms with Crippen LogP contribution >= 0.6 is 0 Å². The molecule has 9 nitrogen and oxygen atoms in total. The van der Waals surface area contributed by atoms with E-state index in [0.717, 1.165) is 47.2 Å². The molecule has 0 saturated carbocycles. The van der Waals surface area contributed by atoms with Crippen LogP contribution in [0.4, 0.5) is 5.69 Å². The maximum Gasteiger partial charge on any atom is 0.328 e. The first-order valence-corrected chi connectivity index (χ1v) is 19.4. The van der Waals surface area contributed by atoms with Crippen LogP contribution < -0.4 is 15.5 Å². The summed E-state index contributed by atoms with van der Waals surface area (Å²) in [5.41, 5.74) is 9.15. The molecule has 0 heterocycles. The minimum absolute atomic E-state index is 0.0636. The summed E-state index contributed by atoms with van der Waals surface area (Å²) in [5.74, 6) is -1.52. The van der Waals surface area contributed by atoms with E-state index in [1.807, 2.05) is 36.4 Å². The Bertz CT molecular complexity index is 1980. The molecule has 2 amide bonds. The minimum Gasteiger partial charge on any atom is -0.351 e. The molecule has 4 aromatic rings. The van der Waals surface area contributed by atoms with E-state index < -0.39 is 27.6 Å². The van der Waals surface area contributed by atoms with Crippen LogP contribution in [-0.4, -0.2) is 37.8 Å². The van der Waals surface area contributed by atoms with Crippen molar-refractivity contribution in [1.82, 2.24) is 5.32 Å². The van der Waals surface area contributed by atoms with Gasteiger partial charge in [0.15, 0.2) is 0 Å². The summed E-state index contributed by atoms with van der Waals surface area (Å²) in [6.07, 6.45) is 5.97. The van der Waals surface area contributed by atoms with Crippen LogP contribution in [0.2, 0.25) is 0 Å². The first-order valence-electron chi connectivity index (χ1n) is 17.7. The highest BCUT2D eigenvalue weighted by Gasteiger charge is 2.24. The maximum atomic E-state index is 14.0. The number of carbonyl (C=O) groups excluding carboxylic acids is 2. The van der Waals surface area contributed by atoms with Crippen molar-refractivity contribution < 1.29 is 33.1 Å². The number of anilines is 1. The van der Waals surface area contributed by atoms with Gasteiger partial charge in [-0.05, 0) is 105 Å². The Morgan fingerprint density at radius 3 is 2.02 bits per heavy atom. The Balaban J connectivity index is 1.33. The largest absolute Gasteiger partial charge is 0.351 e. The zero-order chi connectivity index (χ0) is 37.5. The third-order valence-corrected chi connectivity index (χ3v) is 10.9. The number of allylic oxidation sites excluding steroid dienone is 2. The van der Waals surface area contributed by atoms with E-state index in [0.29, 0.717) is 22.3 Å². The van der Waals surface area contributed by atoms with Gasteiger partial charge in [0.2, 0.25) is 5.91 Å². The van der Waals surface area contributed by atoms with Crippen molar-refractivity contribution in [2.45, 2.75) is 71.6 Å².